The van der Waals surface area contributed by atoms with Gasteiger partial charge in [-0.15, -0.1) is 0 Å². The predicted molar refractivity (Wildman–Crippen MR) is 83.2 cm³/mol. The molecular formula is C13H25N5O2S. The standard InChI is InChI=1S/C13H25N5O2S/c1-3-7-14-11-12-4-9-18(10-5-12)21(19,20)16-13-6-8-17(2)15-13/h6,8,12,14H,3-5,7,9-11H2,1-2H3,(H,15,16). The molecular weight excluding hydrogens is 290 g/mol. The molecule has 0 saturated carbocycles. The minimum atomic E-state index is -3.48. The van der Waals surface area contributed by atoms with Crippen molar-refractivity contribution in [2.45, 2.75) is 26.2 Å². The van der Waals surface area contributed by atoms with Gasteiger partial charge in [0.15, 0.2) is 5.82 Å². The molecule has 0 bridgehead atoms. The van der Waals surface area contributed by atoms with Crippen molar-refractivity contribution in [3.8, 4) is 0 Å². The van der Waals surface area contributed by atoms with E-state index in [1.807, 2.05) is 0 Å². The molecule has 1 aromatic heterocycles. The number of aromatic nitrogens is 2. The van der Waals surface area contributed by atoms with E-state index in [9.17, 15) is 8.42 Å². The molecule has 8 heteroatoms. The third-order valence-electron chi connectivity index (χ3n) is 3.72. The molecule has 1 aliphatic rings. The van der Waals surface area contributed by atoms with E-state index in [0.29, 0.717) is 24.8 Å². The maximum Gasteiger partial charge on any atom is 0.302 e. The summed E-state index contributed by atoms with van der Waals surface area (Å²) in [5.41, 5.74) is 0. The summed E-state index contributed by atoms with van der Waals surface area (Å²) in [6.45, 7) is 5.29. The second kappa shape index (κ2) is 7.24. The number of anilines is 1. The van der Waals surface area contributed by atoms with Crippen LogP contribution in [0, 0.1) is 5.92 Å². The van der Waals surface area contributed by atoms with Crippen molar-refractivity contribution in [2.24, 2.45) is 13.0 Å². The van der Waals surface area contributed by atoms with Crippen molar-refractivity contribution >= 4 is 16.0 Å². The first kappa shape index (κ1) is 16.3. The van der Waals surface area contributed by atoms with Gasteiger partial charge in [-0.05, 0) is 38.3 Å². The van der Waals surface area contributed by atoms with Crippen LogP contribution in [0.3, 0.4) is 0 Å². The molecule has 1 saturated heterocycles. The fourth-order valence-electron chi connectivity index (χ4n) is 2.50. The van der Waals surface area contributed by atoms with Gasteiger partial charge >= 0.3 is 10.2 Å². The highest BCUT2D eigenvalue weighted by atomic mass is 32.2. The van der Waals surface area contributed by atoms with E-state index in [2.05, 4.69) is 22.1 Å². The average Bonchev–Trinajstić information content (AvgIpc) is 2.84. The van der Waals surface area contributed by atoms with Gasteiger partial charge in [0.2, 0.25) is 0 Å². The highest BCUT2D eigenvalue weighted by Crippen LogP contribution is 2.20. The normalized spacial score (nSPS) is 18.0. The highest BCUT2D eigenvalue weighted by Gasteiger charge is 2.28. The summed E-state index contributed by atoms with van der Waals surface area (Å²) in [7, 11) is -1.73. The van der Waals surface area contributed by atoms with Gasteiger partial charge in [-0.3, -0.25) is 9.40 Å². The van der Waals surface area contributed by atoms with Crippen LogP contribution in [-0.2, 0) is 17.3 Å². The molecule has 7 nitrogen and oxygen atoms in total. The van der Waals surface area contributed by atoms with Gasteiger partial charge in [0.1, 0.15) is 0 Å². The van der Waals surface area contributed by atoms with Crippen LogP contribution in [0.5, 0.6) is 0 Å². The molecule has 0 aliphatic carbocycles. The van der Waals surface area contributed by atoms with E-state index in [1.165, 1.54) is 4.31 Å². The van der Waals surface area contributed by atoms with Crippen molar-refractivity contribution in [3.63, 3.8) is 0 Å². The zero-order chi connectivity index (χ0) is 15.3. The van der Waals surface area contributed by atoms with Crippen LogP contribution in [0.1, 0.15) is 26.2 Å². The lowest BCUT2D eigenvalue weighted by Gasteiger charge is -2.31. The molecule has 0 radical (unpaired) electrons. The number of nitrogens with one attached hydrogen (secondary N) is 2. The lowest BCUT2D eigenvalue weighted by molar-refractivity contribution is 0.269. The second-order valence-corrected chi connectivity index (χ2v) is 7.20. The Hall–Kier alpha value is -1.12. The summed E-state index contributed by atoms with van der Waals surface area (Å²) in [5.74, 6) is 0.932. The van der Waals surface area contributed by atoms with Crippen LogP contribution >= 0.6 is 0 Å². The molecule has 1 aliphatic heterocycles. The lowest BCUT2D eigenvalue weighted by atomic mass is 9.98. The molecule has 1 aromatic rings. The van der Waals surface area contributed by atoms with Gasteiger partial charge in [0.05, 0.1) is 0 Å². The van der Waals surface area contributed by atoms with Gasteiger partial charge in [0.25, 0.3) is 0 Å². The third kappa shape index (κ3) is 4.69. The van der Waals surface area contributed by atoms with E-state index in [4.69, 9.17) is 0 Å². The molecule has 0 amide bonds. The summed E-state index contributed by atoms with van der Waals surface area (Å²) in [4.78, 5) is 0. The number of nitrogens with zero attached hydrogens (tertiary/aromatic N) is 3. The first-order valence-electron chi connectivity index (χ1n) is 7.49. The maximum atomic E-state index is 12.3. The van der Waals surface area contributed by atoms with Crippen LogP contribution in [-0.4, -0.2) is 48.7 Å². The van der Waals surface area contributed by atoms with Gasteiger partial charge in [-0.25, -0.2) is 0 Å². The Kier molecular flexibility index (Phi) is 5.60. The highest BCUT2D eigenvalue weighted by molar-refractivity contribution is 7.90. The second-order valence-electron chi connectivity index (χ2n) is 5.53. The number of hydrogen-bond acceptors (Lipinski definition) is 4. The van der Waals surface area contributed by atoms with E-state index in [1.54, 1.807) is 24.0 Å². The Morgan fingerprint density at radius 3 is 2.67 bits per heavy atom. The number of piperidine rings is 1. The summed E-state index contributed by atoms with van der Waals surface area (Å²) in [6, 6.07) is 1.65. The minimum Gasteiger partial charge on any atom is -0.316 e. The summed E-state index contributed by atoms with van der Waals surface area (Å²) < 4.78 is 30.2. The van der Waals surface area contributed by atoms with Crippen LogP contribution in [0.2, 0.25) is 0 Å². The number of aryl methyl sites for hydroxylation is 1. The Labute approximate surface area is 126 Å². The molecule has 0 unspecified atom stereocenters. The molecule has 2 N–H and O–H groups in total. The Morgan fingerprint density at radius 2 is 2.10 bits per heavy atom. The van der Waals surface area contributed by atoms with Gasteiger partial charge < -0.3 is 5.32 Å². The van der Waals surface area contributed by atoms with Crippen molar-refractivity contribution in [2.75, 3.05) is 30.9 Å². The van der Waals surface area contributed by atoms with E-state index in [-0.39, 0.29) is 0 Å². The molecule has 0 atom stereocenters. The Bertz CT molecular complexity index is 535. The zero-order valence-electron chi connectivity index (χ0n) is 12.7. The molecule has 0 spiro atoms. The van der Waals surface area contributed by atoms with Crippen molar-refractivity contribution < 1.29 is 8.42 Å². The first-order chi connectivity index (χ1) is 10.0. The third-order valence-corrected chi connectivity index (χ3v) is 5.23. The quantitative estimate of drug-likeness (QED) is 0.729. The molecule has 2 rings (SSSR count). The monoisotopic (exact) mass is 315 g/mol. The lowest BCUT2D eigenvalue weighted by Crippen LogP contribution is -2.43. The Balaban J connectivity index is 1.83. The van der Waals surface area contributed by atoms with Crippen LogP contribution in [0.25, 0.3) is 0 Å². The van der Waals surface area contributed by atoms with Gasteiger partial charge in [-0.1, -0.05) is 6.92 Å². The topological polar surface area (TPSA) is 79.3 Å². The molecule has 0 aromatic carbocycles. The van der Waals surface area contributed by atoms with Crippen LogP contribution in [0.15, 0.2) is 12.3 Å². The number of hydrogen-bond donors (Lipinski definition) is 2. The average molecular weight is 315 g/mol. The van der Waals surface area contributed by atoms with Gasteiger partial charge in [-0.2, -0.15) is 17.8 Å². The largest absolute Gasteiger partial charge is 0.316 e. The van der Waals surface area contributed by atoms with Crippen molar-refractivity contribution in [1.82, 2.24) is 19.4 Å². The zero-order valence-corrected chi connectivity index (χ0v) is 13.6. The number of rotatable bonds is 7. The van der Waals surface area contributed by atoms with Crippen molar-refractivity contribution in [3.05, 3.63) is 12.3 Å². The molecule has 1 fully saturated rings. The molecule has 2 heterocycles. The minimum absolute atomic E-state index is 0.365. The van der Waals surface area contributed by atoms with E-state index < -0.39 is 10.2 Å². The first-order valence-corrected chi connectivity index (χ1v) is 8.93. The van der Waals surface area contributed by atoms with Crippen LogP contribution < -0.4 is 10.0 Å². The van der Waals surface area contributed by atoms with Crippen molar-refractivity contribution in [1.29, 1.82) is 0 Å². The van der Waals surface area contributed by atoms with E-state index >= 15 is 0 Å². The maximum absolute atomic E-state index is 12.3. The summed E-state index contributed by atoms with van der Waals surface area (Å²) in [6.07, 6.45) is 4.64. The molecule has 21 heavy (non-hydrogen) atoms. The fourth-order valence-corrected chi connectivity index (χ4v) is 3.70. The molecule has 120 valence electrons. The Morgan fingerprint density at radius 1 is 1.38 bits per heavy atom. The smallest absolute Gasteiger partial charge is 0.302 e. The van der Waals surface area contributed by atoms with E-state index in [0.717, 1.165) is 32.4 Å². The fraction of sp³-hybridized carbons (Fsp3) is 0.769. The summed E-state index contributed by atoms with van der Waals surface area (Å²) in [5, 5.41) is 7.45. The van der Waals surface area contributed by atoms with Gasteiger partial charge in [0, 0.05) is 32.4 Å². The summed E-state index contributed by atoms with van der Waals surface area (Å²) >= 11 is 0. The van der Waals surface area contributed by atoms with Crippen LogP contribution in [0.4, 0.5) is 5.82 Å². The SMILES string of the molecule is CCCNCC1CCN(S(=O)(=O)Nc2ccn(C)n2)CC1. The predicted octanol–water partition coefficient (Wildman–Crippen LogP) is 0.788.